The van der Waals surface area contributed by atoms with E-state index in [1.54, 1.807) is 0 Å². The van der Waals surface area contributed by atoms with E-state index in [1.807, 2.05) is 0 Å². The number of rotatable bonds is 2. The summed E-state index contributed by atoms with van der Waals surface area (Å²) < 4.78 is 4.65. The van der Waals surface area contributed by atoms with Crippen LogP contribution in [0.1, 0.15) is 40.8 Å². The number of hydrogen-bond acceptors (Lipinski definition) is 0. The Morgan fingerprint density at radius 1 is 0.593 bits per heavy atom. The van der Waals surface area contributed by atoms with E-state index in [0.29, 0.717) is 11.8 Å². The summed E-state index contributed by atoms with van der Waals surface area (Å²) in [6.45, 7) is 0. The van der Waals surface area contributed by atoms with E-state index in [1.165, 1.54) is 44.8 Å². The molecule has 2 aliphatic rings. The maximum atomic E-state index is 2.33. The lowest BCUT2D eigenvalue weighted by molar-refractivity contribution is 0.604. The molecule has 2 nitrogen and oxygen atoms in total. The van der Waals surface area contributed by atoms with E-state index in [0.717, 1.165) is 6.42 Å². The molecule has 0 saturated carbocycles. The summed E-state index contributed by atoms with van der Waals surface area (Å²) in [7, 11) is 4.38. The van der Waals surface area contributed by atoms with Gasteiger partial charge in [0, 0.05) is 60.8 Å². The largest absolute Gasteiger partial charge is 0.353 e. The molecule has 27 heavy (non-hydrogen) atoms. The second-order valence-corrected chi connectivity index (χ2v) is 7.97. The van der Waals surface area contributed by atoms with Gasteiger partial charge in [0.15, 0.2) is 0 Å². The Kier molecular flexibility index (Phi) is 2.94. The van der Waals surface area contributed by atoms with E-state index in [9.17, 15) is 0 Å². The van der Waals surface area contributed by atoms with Gasteiger partial charge in [-0.1, -0.05) is 48.5 Å². The van der Waals surface area contributed by atoms with Crippen LogP contribution in [-0.4, -0.2) is 9.13 Å². The first kappa shape index (κ1) is 15.1. The van der Waals surface area contributed by atoms with Crippen molar-refractivity contribution in [2.24, 2.45) is 14.1 Å². The third kappa shape index (κ3) is 1.90. The molecule has 2 heteroatoms. The molecule has 0 amide bonds. The smallest absolute Gasteiger partial charge is 0.0327 e. The molecule has 0 saturated heterocycles. The van der Waals surface area contributed by atoms with Crippen molar-refractivity contribution in [3.8, 4) is 22.3 Å². The molecule has 0 fully saturated rings. The van der Waals surface area contributed by atoms with E-state index in [4.69, 9.17) is 0 Å². The summed E-state index contributed by atoms with van der Waals surface area (Å²) >= 11 is 0. The maximum Gasteiger partial charge on any atom is 0.0327 e. The van der Waals surface area contributed by atoms with Gasteiger partial charge in [-0.3, -0.25) is 0 Å². The molecule has 0 radical (unpaired) electrons. The number of benzene rings is 2. The fourth-order valence-corrected chi connectivity index (χ4v) is 5.51. The van der Waals surface area contributed by atoms with E-state index in [2.05, 4.69) is 96.3 Å². The molecule has 2 aromatic heterocycles. The topological polar surface area (TPSA) is 9.86 Å². The molecule has 6 rings (SSSR count). The molecular formula is C25H22N2. The van der Waals surface area contributed by atoms with Crippen LogP contribution in [0.3, 0.4) is 0 Å². The summed E-state index contributed by atoms with van der Waals surface area (Å²) in [5.74, 6) is 0.880. The van der Waals surface area contributed by atoms with Crippen molar-refractivity contribution in [2.45, 2.75) is 18.3 Å². The van der Waals surface area contributed by atoms with Crippen LogP contribution in [0, 0.1) is 0 Å². The monoisotopic (exact) mass is 350 g/mol. The Bertz CT molecular complexity index is 1100. The van der Waals surface area contributed by atoms with Crippen LogP contribution in [0.5, 0.6) is 0 Å². The molecule has 0 bridgehead atoms. The Morgan fingerprint density at radius 2 is 1.04 bits per heavy atom. The van der Waals surface area contributed by atoms with E-state index < -0.39 is 0 Å². The Morgan fingerprint density at radius 3 is 1.52 bits per heavy atom. The molecule has 2 aromatic carbocycles. The minimum Gasteiger partial charge on any atom is -0.353 e. The number of nitrogens with zero attached hydrogens (tertiary/aromatic N) is 2. The zero-order valence-electron chi connectivity index (χ0n) is 15.7. The Labute approximate surface area is 159 Å². The van der Waals surface area contributed by atoms with Gasteiger partial charge in [-0.05, 0) is 40.8 Å². The standard InChI is InChI=1S/C25H22N2/c1-26-13-11-20-16-7-3-5-9-18(16)22(24(20)26)15-23-19-10-6-4-8-17(19)21-12-14-27(2)25(21)23/h3-14,22-23H,15H2,1-2H3. The molecule has 0 spiro atoms. The zero-order chi connectivity index (χ0) is 18.1. The molecule has 2 unspecified atom stereocenters. The fraction of sp³-hybridized carbons (Fsp3) is 0.200. The highest BCUT2D eigenvalue weighted by atomic mass is 15.0. The Balaban J connectivity index is 1.52. The fourth-order valence-electron chi connectivity index (χ4n) is 5.51. The lowest BCUT2D eigenvalue weighted by Gasteiger charge is -2.22. The first-order valence-corrected chi connectivity index (χ1v) is 9.73. The van der Waals surface area contributed by atoms with Gasteiger partial charge in [-0.15, -0.1) is 0 Å². The molecule has 4 aromatic rings. The molecule has 0 N–H and O–H groups in total. The molecule has 132 valence electrons. The van der Waals surface area contributed by atoms with Crippen LogP contribution in [0.2, 0.25) is 0 Å². The van der Waals surface area contributed by atoms with Crippen molar-refractivity contribution in [1.82, 2.24) is 9.13 Å². The second kappa shape index (κ2) is 5.26. The highest BCUT2D eigenvalue weighted by Gasteiger charge is 2.37. The van der Waals surface area contributed by atoms with Crippen LogP contribution in [-0.2, 0) is 14.1 Å². The third-order valence-electron chi connectivity index (χ3n) is 6.63. The van der Waals surface area contributed by atoms with Gasteiger partial charge in [-0.2, -0.15) is 0 Å². The average molecular weight is 350 g/mol. The number of hydrogen-bond donors (Lipinski definition) is 0. The van der Waals surface area contributed by atoms with Gasteiger partial charge in [0.25, 0.3) is 0 Å². The van der Waals surface area contributed by atoms with Crippen molar-refractivity contribution in [2.75, 3.05) is 0 Å². The normalized spacial score (nSPS) is 18.9. The average Bonchev–Trinajstić information content (AvgIpc) is 3.41. The summed E-state index contributed by atoms with van der Waals surface area (Å²) in [6, 6.07) is 22.5. The molecule has 0 aliphatic heterocycles. The van der Waals surface area contributed by atoms with Gasteiger partial charge >= 0.3 is 0 Å². The van der Waals surface area contributed by atoms with Crippen molar-refractivity contribution < 1.29 is 0 Å². The minimum absolute atomic E-state index is 0.440. The predicted molar refractivity (Wildman–Crippen MR) is 110 cm³/mol. The van der Waals surface area contributed by atoms with Crippen LogP contribution in [0.25, 0.3) is 22.3 Å². The van der Waals surface area contributed by atoms with Crippen molar-refractivity contribution >= 4 is 0 Å². The lowest BCUT2D eigenvalue weighted by atomic mass is 9.85. The van der Waals surface area contributed by atoms with Crippen LogP contribution < -0.4 is 0 Å². The molecule has 2 heterocycles. The van der Waals surface area contributed by atoms with Gasteiger partial charge < -0.3 is 9.13 Å². The predicted octanol–water partition coefficient (Wildman–Crippen LogP) is 5.68. The maximum absolute atomic E-state index is 2.33. The highest BCUT2D eigenvalue weighted by Crippen LogP contribution is 2.53. The third-order valence-corrected chi connectivity index (χ3v) is 6.63. The quantitative estimate of drug-likeness (QED) is 0.440. The van der Waals surface area contributed by atoms with Gasteiger partial charge in [0.1, 0.15) is 0 Å². The number of aromatic nitrogens is 2. The second-order valence-electron chi connectivity index (χ2n) is 7.97. The van der Waals surface area contributed by atoms with E-state index in [-0.39, 0.29) is 0 Å². The van der Waals surface area contributed by atoms with Gasteiger partial charge in [0.2, 0.25) is 0 Å². The summed E-state index contributed by atoms with van der Waals surface area (Å²) in [6.07, 6.45) is 5.54. The van der Waals surface area contributed by atoms with Crippen LogP contribution in [0.15, 0.2) is 73.1 Å². The van der Waals surface area contributed by atoms with Gasteiger partial charge in [0.05, 0.1) is 0 Å². The summed E-state index contributed by atoms with van der Waals surface area (Å²) in [5, 5.41) is 0. The lowest BCUT2D eigenvalue weighted by Crippen LogP contribution is -2.10. The first-order valence-electron chi connectivity index (χ1n) is 9.73. The Hall–Kier alpha value is -3.00. The molecular weight excluding hydrogens is 328 g/mol. The minimum atomic E-state index is 0.440. The SMILES string of the molecule is Cn1ccc2c1C(CC1c3ccccc3-c3ccn(C)c31)c1ccccc1-2. The van der Waals surface area contributed by atoms with Gasteiger partial charge in [-0.25, -0.2) is 0 Å². The summed E-state index contributed by atoms with van der Waals surface area (Å²) in [4.78, 5) is 0. The first-order chi connectivity index (χ1) is 13.2. The van der Waals surface area contributed by atoms with Crippen LogP contribution in [0.4, 0.5) is 0 Å². The highest BCUT2D eigenvalue weighted by molar-refractivity contribution is 5.80. The zero-order valence-corrected chi connectivity index (χ0v) is 15.7. The number of fused-ring (bicyclic) bond motifs is 6. The number of aryl methyl sites for hydroxylation is 2. The van der Waals surface area contributed by atoms with Crippen molar-refractivity contribution in [1.29, 1.82) is 0 Å². The summed E-state index contributed by atoms with van der Waals surface area (Å²) in [5.41, 5.74) is 11.6. The van der Waals surface area contributed by atoms with Crippen molar-refractivity contribution in [3.63, 3.8) is 0 Å². The molecule has 2 aliphatic carbocycles. The molecule has 2 atom stereocenters. The van der Waals surface area contributed by atoms with Crippen LogP contribution >= 0.6 is 0 Å². The van der Waals surface area contributed by atoms with Crippen molar-refractivity contribution in [3.05, 3.63) is 95.6 Å². The van der Waals surface area contributed by atoms with E-state index >= 15 is 0 Å².